The van der Waals surface area contributed by atoms with Crippen LogP contribution in [0.25, 0.3) is 22.5 Å². The van der Waals surface area contributed by atoms with Gasteiger partial charge in [-0.3, -0.25) is 35.5 Å². The van der Waals surface area contributed by atoms with E-state index >= 15 is 0 Å². The van der Waals surface area contributed by atoms with Gasteiger partial charge in [0.15, 0.2) is 6.29 Å². The van der Waals surface area contributed by atoms with E-state index in [2.05, 4.69) is 31.7 Å². The highest BCUT2D eigenvalue weighted by atomic mass is 35.5. The van der Waals surface area contributed by atoms with Crippen LogP contribution in [0.15, 0.2) is 87.9 Å². The van der Waals surface area contributed by atoms with Gasteiger partial charge >= 0.3 is 0 Å². The van der Waals surface area contributed by atoms with Crippen LogP contribution in [0.3, 0.4) is 0 Å². The number of rotatable bonds is 14. The Morgan fingerprint density at radius 1 is 0.658 bits per heavy atom. The third kappa shape index (κ3) is 15.0. The summed E-state index contributed by atoms with van der Waals surface area (Å²) in [6.07, 6.45) is 2.85. The first-order valence-corrected chi connectivity index (χ1v) is 26.1. The molecule has 0 unspecified atom stereocenters. The van der Waals surface area contributed by atoms with Crippen LogP contribution >= 0.6 is 69.6 Å². The molecule has 402 valence electrons. The number of halogens is 7. The zero-order valence-corrected chi connectivity index (χ0v) is 46.6. The molecule has 3 aromatic heterocycles. The predicted octanol–water partition coefficient (Wildman–Crippen LogP) is 12.8. The molecule has 3 N–H and O–H groups in total. The number of benzene rings is 4. The summed E-state index contributed by atoms with van der Waals surface area (Å²) in [5, 5.41) is 16.6. The number of aromatic nitrogens is 4. The average Bonchev–Trinajstić information content (AvgIpc) is 4.06. The maximum absolute atomic E-state index is 14.1. The predicted molar refractivity (Wildman–Crippen MR) is 291 cm³/mol. The maximum atomic E-state index is 14.1. The Kier molecular flexibility index (Phi) is 21.9. The molecule has 76 heavy (non-hydrogen) atoms. The van der Waals surface area contributed by atoms with Crippen molar-refractivity contribution < 1.29 is 42.1 Å². The van der Waals surface area contributed by atoms with Crippen molar-refractivity contribution >= 4 is 93.2 Å². The van der Waals surface area contributed by atoms with Crippen LogP contribution in [0.5, 0.6) is 0 Å². The van der Waals surface area contributed by atoms with E-state index in [-0.39, 0.29) is 47.5 Å². The summed E-state index contributed by atoms with van der Waals surface area (Å²) in [5.41, 5.74) is 12.5. The van der Waals surface area contributed by atoms with Crippen LogP contribution in [0.2, 0.25) is 30.1 Å². The Morgan fingerprint density at radius 2 is 1.16 bits per heavy atom. The molecule has 3 amide bonds. The van der Waals surface area contributed by atoms with Crippen molar-refractivity contribution in [2.24, 2.45) is 0 Å². The Balaban J connectivity index is 0.000000186. The first kappa shape index (κ1) is 59.4. The summed E-state index contributed by atoms with van der Waals surface area (Å²) in [6.45, 7) is 12.9. The molecule has 0 spiro atoms. The molecule has 0 atom stereocenters. The highest BCUT2D eigenvalue weighted by molar-refractivity contribution is 6.40. The maximum Gasteiger partial charge on any atom is 0.278 e. The Morgan fingerprint density at radius 3 is 1.67 bits per heavy atom. The van der Waals surface area contributed by atoms with Gasteiger partial charge in [-0.15, -0.1) is 0 Å². The van der Waals surface area contributed by atoms with E-state index in [1.165, 1.54) is 17.2 Å². The van der Waals surface area contributed by atoms with Gasteiger partial charge in [0.2, 0.25) is 5.91 Å². The molecule has 0 bridgehead atoms. The number of nitrogens with zero attached hydrogens (tertiary/aromatic N) is 5. The number of ether oxygens (including phenoxy) is 2. The van der Waals surface area contributed by atoms with Crippen molar-refractivity contribution in [1.82, 2.24) is 41.4 Å². The Labute approximate surface area is 468 Å². The number of carbonyl (C=O) groups is 4. The molecule has 1 saturated heterocycles. The van der Waals surface area contributed by atoms with Crippen molar-refractivity contribution in [2.75, 3.05) is 26.3 Å². The molecule has 23 heteroatoms. The summed E-state index contributed by atoms with van der Waals surface area (Å²) in [5.74, 6) is -1.30. The van der Waals surface area contributed by atoms with Gasteiger partial charge in [-0.25, -0.2) is 14.1 Å². The van der Waals surface area contributed by atoms with E-state index in [9.17, 15) is 23.6 Å². The molecule has 1 aliphatic rings. The minimum Gasteiger partial charge on any atom is -0.360 e. The largest absolute Gasteiger partial charge is 0.360 e. The summed E-state index contributed by atoms with van der Waals surface area (Å²) in [4.78, 5) is 50.0. The number of hydrazine groups is 2. The molecule has 0 radical (unpaired) electrons. The zero-order chi connectivity index (χ0) is 55.2. The molecule has 7 aromatic rings. The topological polar surface area (TPSA) is 196 Å². The number of piperidine rings is 1. The lowest BCUT2D eigenvalue weighted by atomic mass is 10.0. The van der Waals surface area contributed by atoms with Crippen molar-refractivity contribution in [3.8, 4) is 22.5 Å². The summed E-state index contributed by atoms with van der Waals surface area (Å²) in [7, 11) is 0. The molecular formula is C53H53Cl6FN8O8. The summed E-state index contributed by atoms with van der Waals surface area (Å²) < 4.78 is 36.4. The molecule has 16 nitrogen and oxygen atoms in total. The second-order valence-corrected chi connectivity index (χ2v) is 19.4. The van der Waals surface area contributed by atoms with Crippen LogP contribution in [0, 0.1) is 33.5 Å². The van der Waals surface area contributed by atoms with Crippen LogP contribution in [-0.4, -0.2) is 81.3 Å². The normalized spacial score (nSPS) is 12.3. The second-order valence-electron chi connectivity index (χ2n) is 16.9. The van der Waals surface area contributed by atoms with E-state index in [1.54, 1.807) is 114 Å². The highest BCUT2D eigenvalue weighted by Crippen LogP contribution is 2.38. The van der Waals surface area contributed by atoms with E-state index in [0.29, 0.717) is 94.0 Å². The molecule has 8 rings (SSSR count). The molecule has 1 fully saturated rings. The monoisotopic (exact) mass is 1160 g/mol. The molecule has 4 aromatic carbocycles. The van der Waals surface area contributed by atoms with Gasteiger partial charge in [0.1, 0.15) is 39.9 Å². The third-order valence-electron chi connectivity index (χ3n) is 11.7. The van der Waals surface area contributed by atoms with Crippen LogP contribution in [0.1, 0.15) is 105 Å². The van der Waals surface area contributed by atoms with Gasteiger partial charge in [-0.2, -0.15) is 5.10 Å². The number of carbonyl (C=O) groups excluding carboxylic acids is 4. The summed E-state index contributed by atoms with van der Waals surface area (Å²) >= 11 is 36.8. The van der Waals surface area contributed by atoms with Gasteiger partial charge in [0.05, 0.1) is 32.2 Å². The number of hydrogen-bond donors (Lipinski definition) is 3. The molecule has 0 saturated carbocycles. The van der Waals surface area contributed by atoms with Crippen molar-refractivity contribution in [3.05, 3.63) is 166 Å². The van der Waals surface area contributed by atoms with Gasteiger partial charge in [0.25, 0.3) is 17.7 Å². The Hall–Kier alpha value is -5.86. The summed E-state index contributed by atoms with van der Waals surface area (Å²) in [6, 6.07) is 21.3. The van der Waals surface area contributed by atoms with Gasteiger partial charge in [-0.05, 0) is 115 Å². The number of aryl methyl sites for hydroxylation is 3. The lowest BCUT2D eigenvalue weighted by Gasteiger charge is -2.26. The van der Waals surface area contributed by atoms with Crippen molar-refractivity contribution in [1.29, 1.82) is 0 Å². The lowest BCUT2D eigenvalue weighted by Crippen LogP contribution is -2.45. The van der Waals surface area contributed by atoms with E-state index in [1.807, 2.05) is 5.01 Å². The highest BCUT2D eigenvalue weighted by Gasteiger charge is 2.28. The molecule has 4 heterocycles. The lowest BCUT2D eigenvalue weighted by molar-refractivity contribution is -0.153. The van der Waals surface area contributed by atoms with Crippen molar-refractivity contribution in [2.45, 2.75) is 79.9 Å². The fraction of sp³-hybridized carbons (Fsp3) is 0.302. The number of hydrogen-bond acceptors (Lipinski definition) is 12. The minimum absolute atomic E-state index is 0.0756. The number of amides is 3. The standard InChI is InChI=1S/C19H15Cl2FN2O.C18H21Cl2N3O5.C16H17Cl2N3O2/c1-11-15(10-16-17(21)4-3-5-18(16)22)12(2)24(23-11)19(25)13-6-8-14(20)9-7-13;1-4-26-14(27-5-2)9-13(24)21-22-18(25)15-10(3)28-23-17(15)16-11(19)7-6-8-12(16)20;1-10-13(16(22)19-21-8-3-2-4-9-21)15(20-23-10)14-11(17)6-5-7-12(14)18/h3-9H,10H2,1-2H3;6-8,14H,4-5,9H2,1-3H3,(H,21,24)(H,22,25);5-7H,2-4,8-9H2,1H3,(H,19,22). The molecule has 1 aliphatic heterocycles. The van der Waals surface area contributed by atoms with Crippen molar-refractivity contribution in [3.63, 3.8) is 0 Å². The second kappa shape index (κ2) is 28.0. The van der Waals surface area contributed by atoms with Crippen LogP contribution in [0.4, 0.5) is 4.39 Å². The van der Waals surface area contributed by atoms with Gasteiger partial charge < -0.3 is 18.5 Å². The number of nitrogens with one attached hydrogen (secondary N) is 3. The van der Waals surface area contributed by atoms with E-state index in [4.69, 9.17) is 88.1 Å². The van der Waals surface area contributed by atoms with Gasteiger partial charge in [0, 0.05) is 76.3 Å². The molecular weight excluding hydrogens is 1110 g/mol. The average molecular weight is 1160 g/mol. The first-order chi connectivity index (χ1) is 36.3. The quantitative estimate of drug-likeness (QED) is 0.0689. The fourth-order valence-corrected chi connectivity index (χ4v) is 9.43. The van der Waals surface area contributed by atoms with E-state index in [0.717, 1.165) is 31.5 Å². The van der Waals surface area contributed by atoms with E-state index < -0.39 is 18.1 Å². The Bertz CT molecular complexity index is 3110. The van der Waals surface area contributed by atoms with Crippen LogP contribution in [-0.2, 0) is 20.7 Å². The van der Waals surface area contributed by atoms with Crippen LogP contribution < -0.4 is 16.3 Å². The smallest absolute Gasteiger partial charge is 0.278 e. The van der Waals surface area contributed by atoms with Gasteiger partial charge in [-0.1, -0.05) is 105 Å². The zero-order valence-electron chi connectivity index (χ0n) is 42.1. The molecule has 0 aliphatic carbocycles. The fourth-order valence-electron chi connectivity index (χ4n) is 7.92. The SMILES string of the molecule is CCOC(CC(=O)NNC(=O)c1c(-c2c(Cl)cccc2Cl)noc1C)OCC.Cc1nn(C(=O)c2ccc(Cl)cc2)c(C)c1Cc1c(F)cccc1Cl.Cc1onc(-c2c(Cl)cccc2Cl)c1C(=O)NN1CCCCC1. The minimum atomic E-state index is -0.693. The first-order valence-electron chi connectivity index (χ1n) is 23.8. The third-order valence-corrected chi connectivity index (χ3v) is 13.6.